The molecular formula is C15H32O2Si. The molecule has 0 N–H and O–H groups in total. The summed E-state index contributed by atoms with van der Waals surface area (Å²) in [7, 11) is 1.49. The van der Waals surface area contributed by atoms with Gasteiger partial charge in [0.25, 0.3) is 0 Å². The molecule has 0 unspecified atom stereocenters. The van der Waals surface area contributed by atoms with Gasteiger partial charge in [0.1, 0.15) is 0 Å². The maximum Gasteiger partial charge on any atom is 0.161 e. The summed E-state index contributed by atoms with van der Waals surface area (Å²) in [6.07, 6.45) is 14.7. The maximum atomic E-state index is 5.59. The molecule has 0 aromatic rings. The summed E-state index contributed by atoms with van der Waals surface area (Å²) in [6.45, 7) is 1.57. The van der Waals surface area contributed by atoms with Crippen molar-refractivity contribution in [1.82, 2.24) is 0 Å². The Morgan fingerprint density at radius 2 is 1.72 bits per heavy atom. The summed E-state index contributed by atoms with van der Waals surface area (Å²) in [6, 6.07) is 1.35. The molecule has 0 aromatic carbocycles. The summed E-state index contributed by atoms with van der Waals surface area (Å²) in [4.78, 5) is 0. The molecule has 108 valence electrons. The van der Waals surface area contributed by atoms with E-state index in [0.717, 1.165) is 19.1 Å². The SMILES string of the molecule is COCCO[SiH2]CCCCCCC1CCCCC1. The average molecular weight is 273 g/mol. The van der Waals surface area contributed by atoms with Gasteiger partial charge in [0.15, 0.2) is 9.76 Å². The molecule has 1 fully saturated rings. The van der Waals surface area contributed by atoms with Crippen molar-refractivity contribution in [2.45, 2.75) is 70.3 Å². The van der Waals surface area contributed by atoms with Crippen LogP contribution < -0.4 is 0 Å². The minimum Gasteiger partial charge on any atom is -0.422 e. The van der Waals surface area contributed by atoms with Gasteiger partial charge in [-0.1, -0.05) is 64.2 Å². The minimum absolute atomic E-state index is 0.242. The second-order valence-electron chi connectivity index (χ2n) is 5.67. The molecule has 0 heterocycles. The number of hydrogen-bond donors (Lipinski definition) is 0. The second kappa shape index (κ2) is 12.2. The molecule has 0 radical (unpaired) electrons. The van der Waals surface area contributed by atoms with Crippen LogP contribution in [0.5, 0.6) is 0 Å². The van der Waals surface area contributed by atoms with Crippen LogP contribution in [0, 0.1) is 5.92 Å². The fraction of sp³-hybridized carbons (Fsp3) is 1.00. The molecule has 0 atom stereocenters. The molecule has 0 spiro atoms. The van der Waals surface area contributed by atoms with Crippen molar-refractivity contribution in [2.24, 2.45) is 5.92 Å². The summed E-state index contributed by atoms with van der Waals surface area (Å²) < 4.78 is 10.5. The van der Waals surface area contributed by atoms with Crippen molar-refractivity contribution in [2.75, 3.05) is 20.3 Å². The Balaban J connectivity index is 1.73. The number of unbranched alkanes of at least 4 members (excludes halogenated alkanes) is 3. The number of hydrogen-bond acceptors (Lipinski definition) is 2. The lowest BCUT2D eigenvalue weighted by molar-refractivity contribution is 0.149. The second-order valence-corrected chi connectivity index (χ2v) is 7.19. The smallest absolute Gasteiger partial charge is 0.161 e. The van der Waals surface area contributed by atoms with Crippen molar-refractivity contribution in [3.8, 4) is 0 Å². The van der Waals surface area contributed by atoms with Crippen molar-refractivity contribution in [1.29, 1.82) is 0 Å². The first-order valence-electron chi connectivity index (χ1n) is 8.00. The van der Waals surface area contributed by atoms with Gasteiger partial charge in [-0.25, -0.2) is 0 Å². The molecule has 0 saturated heterocycles. The van der Waals surface area contributed by atoms with E-state index < -0.39 is 0 Å². The average Bonchev–Trinajstić information content (AvgIpc) is 2.42. The molecule has 1 saturated carbocycles. The largest absolute Gasteiger partial charge is 0.422 e. The van der Waals surface area contributed by atoms with Crippen LogP contribution in [0.15, 0.2) is 0 Å². The Kier molecular flexibility index (Phi) is 11.0. The predicted octanol–water partition coefficient (Wildman–Crippen LogP) is 3.68. The molecule has 0 bridgehead atoms. The van der Waals surface area contributed by atoms with Gasteiger partial charge < -0.3 is 9.16 Å². The molecule has 18 heavy (non-hydrogen) atoms. The van der Waals surface area contributed by atoms with Crippen LogP contribution in [0.2, 0.25) is 6.04 Å². The van der Waals surface area contributed by atoms with Gasteiger partial charge in [-0.2, -0.15) is 0 Å². The van der Waals surface area contributed by atoms with Crippen LogP contribution in [0.25, 0.3) is 0 Å². The number of methoxy groups -OCH3 is 1. The van der Waals surface area contributed by atoms with Crippen molar-refractivity contribution in [3.63, 3.8) is 0 Å². The molecule has 1 aliphatic carbocycles. The predicted molar refractivity (Wildman–Crippen MR) is 80.8 cm³/mol. The van der Waals surface area contributed by atoms with Crippen molar-refractivity contribution in [3.05, 3.63) is 0 Å². The van der Waals surface area contributed by atoms with E-state index in [0.29, 0.717) is 0 Å². The van der Waals surface area contributed by atoms with Gasteiger partial charge in [0, 0.05) is 7.11 Å². The lowest BCUT2D eigenvalue weighted by atomic mass is 9.85. The van der Waals surface area contributed by atoms with Gasteiger partial charge in [0.05, 0.1) is 13.2 Å². The van der Waals surface area contributed by atoms with E-state index in [-0.39, 0.29) is 9.76 Å². The lowest BCUT2D eigenvalue weighted by Gasteiger charge is -2.21. The fourth-order valence-corrected chi connectivity index (χ4v) is 3.97. The van der Waals surface area contributed by atoms with Crippen LogP contribution in [0.3, 0.4) is 0 Å². The third kappa shape index (κ3) is 9.12. The van der Waals surface area contributed by atoms with Gasteiger partial charge in [-0.15, -0.1) is 0 Å². The third-order valence-electron chi connectivity index (χ3n) is 4.06. The van der Waals surface area contributed by atoms with Crippen LogP contribution in [0.4, 0.5) is 0 Å². The quantitative estimate of drug-likeness (QED) is 0.422. The van der Waals surface area contributed by atoms with Crippen LogP contribution in [-0.2, 0) is 9.16 Å². The third-order valence-corrected chi connectivity index (χ3v) is 5.42. The normalized spacial score (nSPS) is 17.8. The Morgan fingerprint density at radius 1 is 0.944 bits per heavy atom. The summed E-state index contributed by atoms with van der Waals surface area (Å²) in [5, 5.41) is 0. The highest BCUT2D eigenvalue weighted by molar-refractivity contribution is 6.26. The molecule has 1 rings (SSSR count). The summed E-state index contributed by atoms with van der Waals surface area (Å²) >= 11 is 0. The summed E-state index contributed by atoms with van der Waals surface area (Å²) in [5.41, 5.74) is 0. The number of rotatable bonds is 11. The summed E-state index contributed by atoms with van der Waals surface area (Å²) in [5.74, 6) is 1.07. The first-order chi connectivity index (χ1) is 8.93. The van der Waals surface area contributed by atoms with E-state index in [2.05, 4.69) is 0 Å². The molecule has 0 aromatic heterocycles. The van der Waals surface area contributed by atoms with Gasteiger partial charge in [0.2, 0.25) is 0 Å². The molecule has 3 heteroatoms. The Hall–Kier alpha value is 0.137. The zero-order valence-electron chi connectivity index (χ0n) is 12.3. The minimum atomic E-state index is -0.242. The van der Waals surface area contributed by atoms with E-state index in [1.54, 1.807) is 7.11 Å². The monoisotopic (exact) mass is 272 g/mol. The van der Waals surface area contributed by atoms with Gasteiger partial charge in [-0.3, -0.25) is 0 Å². The van der Waals surface area contributed by atoms with Crippen LogP contribution in [-0.4, -0.2) is 30.1 Å². The molecular weight excluding hydrogens is 240 g/mol. The maximum absolute atomic E-state index is 5.59. The molecule has 0 amide bonds. The highest BCUT2D eigenvalue weighted by Crippen LogP contribution is 2.27. The highest BCUT2D eigenvalue weighted by Gasteiger charge is 2.12. The highest BCUT2D eigenvalue weighted by atomic mass is 28.2. The topological polar surface area (TPSA) is 18.5 Å². The lowest BCUT2D eigenvalue weighted by Crippen LogP contribution is -2.06. The van der Waals surface area contributed by atoms with Crippen LogP contribution >= 0.6 is 0 Å². The van der Waals surface area contributed by atoms with Gasteiger partial charge >= 0.3 is 0 Å². The van der Waals surface area contributed by atoms with E-state index in [4.69, 9.17) is 9.16 Å². The van der Waals surface area contributed by atoms with Gasteiger partial charge in [-0.05, 0) is 12.0 Å². The van der Waals surface area contributed by atoms with E-state index >= 15 is 0 Å². The van der Waals surface area contributed by atoms with E-state index in [1.165, 1.54) is 70.3 Å². The Morgan fingerprint density at radius 3 is 2.50 bits per heavy atom. The first-order valence-corrected chi connectivity index (χ1v) is 9.58. The van der Waals surface area contributed by atoms with Crippen molar-refractivity contribution >= 4 is 9.76 Å². The molecule has 2 nitrogen and oxygen atoms in total. The van der Waals surface area contributed by atoms with E-state index in [1.807, 2.05) is 0 Å². The number of ether oxygens (including phenoxy) is 1. The standard InChI is InChI=1S/C15H32O2Si/c1-16-12-13-17-18-14-8-3-2-5-9-15-10-6-4-7-11-15/h15H,2-14,18H2,1H3. The zero-order chi connectivity index (χ0) is 12.9. The Labute approximate surface area is 116 Å². The zero-order valence-corrected chi connectivity index (χ0v) is 13.7. The fourth-order valence-electron chi connectivity index (χ4n) is 2.89. The Bertz CT molecular complexity index is 170. The first kappa shape index (κ1) is 16.2. The van der Waals surface area contributed by atoms with Crippen LogP contribution in [0.1, 0.15) is 64.2 Å². The van der Waals surface area contributed by atoms with E-state index in [9.17, 15) is 0 Å². The van der Waals surface area contributed by atoms with Crippen molar-refractivity contribution < 1.29 is 9.16 Å². The molecule has 1 aliphatic rings. The molecule has 0 aliphatic heterocycles.